The van der Waals surface area contributed by atoms with Crippen molar-refractivity contribution in [2.24, 2.45) is 0 Å². The quantitative estimate of drug-likeness (QED) is 0.500. The average molecular weight is 456 g/mol. The Balaban J connectivity index is 1.70. The maximum atomic E-state index is 13.0. The molecule has 0 atom stereocenters. The third-order valence-corrected chi connectivity index (χ3v) is 6.26. The van der Waals surface area contributed by atoms with Crippen molar-refractivity contribution in [3.63, 3.8) is 0 Å². The minimum atomic E-state index is -0.525. The number of hydrogen-bond acceptors (Lipinski definition) is 5. The molecule has 1 heterocycles. The van der Waals surface area contributed by atoms with Crippen LogP contribution in [0.25, 0.3) is 0 Å². The zero-order chi connectivity index (χ0) is 23.9. The van der Waals surface area contributed by atoms with Gasteiger partial charge in [-0.2, -0.15) is 5.26 Å². The molecule has 0 unspecified atom stereocenters. The predicted octanol–water partition coefficient (Wildman–Crippen LogP) is 3.94. The van der Waals surface area contributed by atoms with Gasteiger partial charge in [0.15, 0.2) is 0 Å². The Morgan fingerprint density at radius 2 is 1.79 bits per heavy atom. The van der Waals surface area contributed by atoms with E-state index in [0.717, 1.165) is 30.4 Å². The maximum Gasteiger partial charge on any atom is 0.330 e. The Bertz CT molecular complexity index is 1310. The second-order valence-electron chi connectivity index (χ2n) is 8.65. The Morgan fingerprint density at radius 1 is 1.03 bits per heavy atom. The summed E-state index contributed by atoms with van der Waals surface area (Å²) in [5.74, 6) is 0.156. The van der Waals surface area contributed by atoms with Crippen LogP contribution >= 0.6 is 0 Å². The SMILES string of the molecule is N#Cc1ccc(CN(CCC2=CCCCC2)c2c(N)n(Cc3ccccc3)c(=O)[nH]c2=O)cc1. The van der Waals surface area contributed by atoms with Crippen molar-refractivity contribution in [1.82, 2.24) is 9.55 Å². The summed E-state index contributed by atoms with van der Waals surface area (Å²) < 4.78 is 1.41. The molecule has 1 aliphatic rings. The first kappa shape index (κ1) is 23.1. The van der Waals surface area contributed by atoms with Gasteiger partial charge in [0.05, 0.1) is 18.2 Å². The van der Waals surface area contributed by atoms with Crippen molar-refractivity contribution in [3.05, 3.63) is 104 Å². The van der Waals surface area contributed by atoms with Crippen LogP contribution in [0, 0.1) is 11.3 Å². The number of nitrogen functional groups attached to an aromatic ring is 1. The van der Waals surface area contributed by atoms with Gasteiger partial charge in [0, 0.05) is 13.1 Å². The largest absolute Gasteiger partial charge is 0.383 e. The van der Waals surface area contributed by atoms with Gasteiger partial charge in [-0.15, -0.1) is 0 Å². The summed E-state index contributed by atoms with van der Waals surface area (Å²) in [6.07, 6.45) is 7.70. The van der Waals surface area contributed by atoms with Crippen LogP contribution in [0.15, 0.2) is 75.8 Å². The summed E-state index contributed by atoms with van der Waals surface area (Å²) in [6, 6.07) is 19.0. The monoisotopic (exact) mass is 455 g/mol. The lowest BCUT2D eigenvalue weighted by Gasteiger charge is -2.27. The lowest BCUT2D eigenvalue weighted by atomic mass is 9.97. The van der Waals surface area contributed by atoms with E-state index in [2.05, 4.69) is 17.1 Å². The predicted molar refractivity (Wildman–Crippen MR) is 135 cm³/mol. The number of hydrogen-bond donors (Lipinski definition) is 2. The molecule has 3 aromatic rings. The highest BCUT2D eigenvalue weighted by Gasteiger charge is 2.20. The van der Waals surface area contributed by atoms with Gasteiger partial charge in [-0.1, -0.05) is 54.1 Å². The summed E-state index contributed by atoms with van der Waals surface area (Å²) >= 11 is 0. The molecule has 4 rings (SSSR count). The molecule has 1 aromatic heterocycles. The molecule has 2 aromatic carbocycles. The first-order valence-corrected chi connectivity index (χ1v) is 11.6. The second kappa shape index (κ2) is 10.7. The summed E-state index contributed by atoms with van der Waals surface area (Å²) in [5, 5.41) is 9.11. The van der Waals surface area contributed by atoms with Crippen molar-refractivity contribution >= 4 is 11.5 Å². The van der Waals surface area contributed by atoms with Crippen LogP contribution in [-0.4, -0.2) is 16.1 Å². The summed E-state index contributed by atoms with van der Waals surface area (Å²) in [5.41, 5.74) is 9.62. The Kier molecular flexibility index (Phi) is 7.28. The zero-order valence-corrected chi connectivity index (χ0v) is 19.2. The molecule has 0 fully saturated rings. The molecule has 1 aliphatic carbocycles. The second-order valence-corrected chi connectivity index (χ2v) is 8.65. The molecule has 0 aliphatic heterocycles. The molecule has 0 radical (unpaired) electrons. The molecular weight excluding hydrogens is 426 g/mol. The number of aromatic amines is 1. The first-order chi connectivity index (χ1) is 16.5. The minimum absolute atomic E-state index is 0.156. The molecule has 0 spiro atoms. The highest BCUT2D eigenvalue weighted by atomic mass is 16.2. The van der Waals surface area contributed by atoms with Crippen LogP contribution in [0.3, 0.4) is 0 Å². The highest BCUT2D eigenvalue weighted by molar-refractivity contribution is 5.63. The third-order valence-electron chi connectivity index (χ3n) is 6.26. The number of nitrogens with one attached hydrogen (secondary N) is 1. The molecule has 0 saturated carbocycles. The summed E-state index contributed by atoms with van der Waals surface area (Å²) in [7, 11) is 0. The topological polar surface area (TPSA) is 108 Å². The van der Waals surface area contributed by atoms with Crippen molar-refractivity contribution in [1.29, 1.82) is 5.26 Å². The molecule has 0 amide bonds. The van der Waals surface area contributed by atoms with Crippen LogP contribution in [0.2, 0.25) is 0 Å². The fraction of sp³-hybridized carbons (Fsp3) is 0.296. The van der Waals surface area contributed by atoms with Crippen LogP contribution in [0.1, 0.15) is 48.8 Å². The van der Waals surface area contributed by atoms with E-state index in [1.54, 1.807) is 12.1 Å². The van der Waals surface area contributed by atoms with E-state index in [1.165, 1.54) is 23.0 Å². The van der Waals surface area contributed by atoms with Crippen molar-refractivity contribution < 1.29 is 0 Å². The number of nitrogens with zero attached hydrogens (tertiary/aromatic N) is 3. The first-order valence-electron chi connectivity index (χ1n) is 11.6. The van der Waals surface area contributed by atoms with E-state index >= 15 is 0 Å². The van der Waals surface area contributed by atoms with E-state index in [9.17, 15) is 9.59 Å². The standard InChI is InChI=1S/C27H29N5O2/c28-17-21-11-13-23(14-12-21)18-31(16-15-20-7-3-1-4-8-20)24-25(29)32(27(34)30-26(24)33)19-22-9-5-2-6-10-22/h2,5-7,9-14H,1,3-4,8,15-16,18-19,29H2,(H,30,33,34). The van der Waals surface area contributed by atoms with E-state index in [0.29, 0.717) is 24.3 Å². The molecule has 3 N–H and O–H groups in total. The number of nitrogens with two attached hydrogens (primary N) is 1. The van der Waals surface area contributed by atoms with Crippen molar-refractivity contribution in [2.45, 2.75) is 45.2 Å². The van der Waals surface area contributed by atoms with Gasteiger partial charge in [-0.05, 0) is 55.4 Å². The molecule has 174 valence electrons. The van der Waals surface area contributed by atoms with Crippen LogP contribution < -0.4 is 21.9 Å². The van der Waals surface area contributed by atoms with E-state index in [4.69, 9.17) is 11.0 Å². The van der Waals surface area contributed by atoms with Gasteiger partial charge in [-0.3, -0.25) is 14.3 Å². The number of anilines is 2. The number of benzene rings is 2. The van der Waals surface area contributed by atoms with E-state index in [1.807, 2.05) is 47.4 Å². The number of aromatic nitrogens is 2. The van der Waals surface area contributed by atoms with Crippen molar-refractivity contribution in [2.75, 3.05) is 17.2 Å². The number of allylic oxidation sites excluding steroid dienone is 1. The van der Waals surface area contributed by atoms with Gasteiger partial charge in [-0.25, -0.2) is 4.79 Å². The van der Waals surface area contributed by atoms with E-state index < -0.39 is 11.2 Å². The molecule has 0 bridgehead atoms. The highest BCUT2D eigenvalue weighted by Crippen LogP contribution is 2.24. The number of rotatable bonds is 8. The molecular formula is C27H29N5O2. The molecule has 7 nitrogen and oxygen atoms in total. The van der Waals surface area contributed by atoms with Gasteiger partial charge in [0.1, 0.15) is 11.5 Å². The Morgan fingerprint density at radius 3 is 2.47 bits per heavy atom. The summed E-state index contributed by atoms with van der Waals surface area (Å²) in [6.45, 7) is 1.31. The smallest absolute Gasteiger partial charge is 0.330 e. The Hall–Kier alpha value is -4.05. The fourth-order valence-corrected chi connectivity index (χ4v) is 4.39. The van der Waals surface area contributed by atoms with Gasteiger partial charge < -0.3 is 10.6 Å². The van der Waals surface area contributed by atoms with Gasteiger partial charge in [0.25, 0.3) is 5.56 Å². The number of nitriles is 1. The zero-order valence-electron chi connectivity index (χ0n) is 19.2. The van der Waals surface area contributed by atoms with Crippen LogP contribution in [-0.2, 0) is 13.1 Å². The van der Waals surface area contributed by atoms with Crippen molar-refractivity contribution in [3.8, 4) is 6.07 Å². The third kappa shape index (κ3) is 5.46. The van der Waals surface area contributed by atoms with Gasteiger partial charge >= 0.3 is 5.69 Å². The minimum Gasteiger partial charge on any atom is -0.383 e. The van der Waals surface area contributed by atoms with Crippen LogP contribution in [0.5, 0.6) is 0 Å². The lowest BCUT2D eigenvalue weighted by molar-refractivity contribution is 0.658. The molecule has 34 heavy (non-hydrogen) atoms. The van der Waals surface area contributed by atoms with Crippen LogP contribution in [0.4, 0.5) is 11.5 Å². The van der Waals surface area contributed by atoms with Gasteiger partial charge in [0.2, 0.25) is 0 Å². The molecule has 7 heteroatoms. The summed E-state index contributed by atoms with van der Waals surface area (Å²) in [4.78, 5) is 30.1. The fourth-order valence-electron chi connectivity index (χ4n) is 4.39. The molecule has 0 saturated heterocycles. The van der Waals surface area contributed by atoms with E-state index in [-0.39, 0.29) is 12.4 Å². The number of H-pyrrole nitrogens is 1. The Labute approximate surface area is 198 Å². The lowest BCUT2D eigenvalue weighted by Crippen LogP contribution is -2.39. The maximum absolute atomic E-state index is 13.0. The normalized spacial score (nSPS) is 13.2. The average Bonchev–Trinajstić information content (AvgIpc) is 2.86.